The van der Waals surface area contributed by atoms with Gasteiger partial charge in [-0.3, -0.25) is 14.4 Å². The zero-order chi connectivity index (χ0) is 20.1. The number of benzene rings is 2. The van der Waals surface area contributed by atoms with E-state index in [0.717, 1.165) is 35.9 Å². The van der Waals surface area contributed by atoms with Crippen molar-refractivity contribution in [3.8, 4) is 0 Å². The molecule has 1 atom stereocenters. The number of nitrogens with zero attached hydrogens (tertiary/aromatic N) is 1. The van der Waals surface area contributed by atoms with Crippen LogP contribution in [0.1, 0.15) is 29.3 Å². The fraction of sp³-hybridized carbons (Fsp3) is 0.286. The fourth-order valence-corrected chi connectivity index (χ4v) is 4.06. The molecule has 1 heterocycles. The van der Waals surface area contributed by atoms with Gasteiger partial charge >= 0.3 is 5.97 Å². The van der Waals surface area contributed by atoms with Gasteiger partial charge in [0.25, 0.3) is 5.91 Å². The van der Waals surface area contributed by atoms with Gasteiger partial charge in [-0.15, -0.1) is 11.8 Å². The van der Waals surface area contributed by atoms with Crippen LogP contribution in [0, 0.1) is 0 Å². The Morgan fingerprint density at radius 2 is 1.86 bits per heavy atom. The maximum Gasteiger partial charge on any atom is 0.316 e. The summed E-state index contributed by atoms with van der Waals surface area (Å²) in [6.07, 6.45) is 1.84. The first kappa shape index (κ1) is 19.9. The van der Waals surface area contributed by atoms with Gasteiger partial charge < -0.3 is 15.3 Å². The van der Waals surface area contributed by atoms with E-state index in [0.29, 0.717) is 17.0 Å². The highest BCUT2D eigenvalue weighted by atomic mass is 32.2. The molecule has 28 heavy (non-hydrogen) atoms. The molecule has 0 saturated heterocycles. The predicted molar refractivity (Wildman–Crippen MR) is 109 cm³/mol. The lowest BCUT2D eigenvalue weighted by atomic mass is 10.0. The lowest BCUT2D eigenvalue weighted by Crippen LogP contribution is -2.42. The molecule has 0 radical (unpaired) electrons. The van der Waals surface area contributed by atoms with E-state index in [1.807, 2.05) is 24.3 Å². The number of hydrogen-bond acceptors (Lipinski definition) is 4. The molecule has 146 valence electrons. The van der Waals surface area contributed by atoms with Gasteiger partial charge in [0.15, 0.2) is 0 Å². The number of rotatable bonds is 6. The minimum absolute atomic E-state index is 0.110. The first-order chi connectivity index (χ1) is 13.5. The largest absolute Gasteiger partial charge is 0.480 e. The van der Waals surface area contributed by atoms with Crippen LogP contribution in [0.25, 0.3) is 0 Å². The molecule has 0 fully saturated rings. The summed E-state index contributed by atoms with van der Waals surface area (Å²) in [6, 6.07) is 14.6. The van der Waals surface area contributed by atoms with Gasteiger partial charge in [0.05, 0.1) is 12.1 Å². The number of anilines is 1. The third-order valence-electron chi connectivity index (χ3n) is 4.59. The molecule has 0 aliphatic carbocycles. The summed E-state index contributed by atoms with van der Waals surface area (Å²) in [5.41, 5.74) is 2.41. The third kappa shape index (κ3) is 4.54. The van der Waals surface area contributed by atoms with Crippen LogP contribution in [-0.2, 0) is 16.0 Å². The van der Waals surface area contributed by atoms with Crippen LogP contribution in [0.15, 0.2) is 53.4 Å². The molecule has 0 spiro atoms. The van der Waals surface area contributed by atoms with E-state index >= 15 is 0 Å². The second-order valence-electron chi connectivity index (χ2n) is 6.55. The average Bonchev–Trinajstić information content (AvgIpc) is 2.71. The van der Waals surface area contributed by atoms with Crippen molar-refractivity contribution in [1.29, 1.82) is 0 Å². The molecule has 3 rings (SSSR count). The average molecular weight is 398 g/mol. The maximum atomic E-state index is 12.7. The Morgan fingerprint density at radius 1 is 1.14 bits per heavy atom. The number of aliphatic carboxylic acids is 1. The molecule has 2 aromatic carbocycles. The number of fused-ring (bicyclic) bond motifs is 1. The summed E-state index contributed by atoms with van der Waals surface area (Å²) in [5.74, 6) is -1.50. The van der Waals surface area contributed by atoms with Gasteiger partial charge in [-0.2, -0.15) is 0 Å². The Morgan fingerprint density at radius 3 is 2.64 bits per heavy atom. The van der Waals surface area contributed by atoms with Crippen LogP contribution in [0.5, 0.6) is 0 Å². The molecular weight excluding hydrogens is 376 g/mol. The molecule has 0 bridgehead atoms. The Labute approximate surface area is 167 Å². The molecule has 1 aliphatic rings. The van der Waals surface area contributed by atoms with E-state index in [4.69, 9.17) is 5.11 Å². The van der Waals surface area contributed by atoms with Gasteiger partial charge in [0.2, 0.25) is 5.91 Å². The van der Waals surface area contributed by atoms with Gasteiger partial charge in [-0.1, -0.05) is 30.3 Å². The number of nitrogens with one attached hydrogen (secondary N) is 1. The first-order valence-electron chi connectivity index (χ1n) is 9.12. The highest BCUT2D eigenvalue weighted by Crippen LogP contribution is 2.28. The summed E-state index contributed by atoms with van der Waals surface area (Å²) in [5, 5.41) is 11.1. The predicted octanol–water partition coefficient (Wildman–Crippen LogP) is 2.96. The molecular formula is C21H22N2O4S. The van der Waals surface area contributed by atoms with E-state index in [9.17, 15) is 14.4 Å². The van der Waals surface area contributed by atoms with E-state index < -0.39 is 11.2 Å². The summed E-state index contributed by atoms with van der Waals surface area (Å²) < 4.78 is 0. The van der Waals surface area contributed by atoms with Crippen molar-refractivity contribution in [1.82, 2.24) is 5.32 Å². The lowest BCUT2D eigenvalue weighted by molar-refractivity contribution is -0.136. The topological polar surface area (TPSA) is 86.7 Å². The van der Waals surface area contributed by atoms with Crippen LogP contribution < -0.4 is 10.2 Å². The van der Waals surface area contributed by atoms with Crippen LogP contribution in [-0.4, -0.2) is 41.2 Å². The van der Waals surface area contributed by atoms with Gasteiger partial charge in [-0.25, -0.2) is 0 Å². The molecule has 1 unspecified atom stereocenters. The quantitative estimate of drug-likeness (QED) is 0.731. The van der Waals surface area contributed by atoms with E-state index in [1.165, 1.54) is 0 Å². The van der Waals surface area contributed by atoms with Crippen molar-refractivity contribution in [2.75, 3.05) is 18.0 Å². The maximum absolute atomic E-state index is 12.7. The van der Waals surface area contributed by atoms with Crippen LogP contribution in [0.4, 0.5) is 5.69 Å². The number of para-hydroxylation sites is 1. The standard InChI is InChI=1S/C21H22N2O4S/c1-14(21(26)27)28-18-11-5-3-9-16(18)20(25)22-13-19(24)23-12-6-8-15-7-2-4-10-17(15)23/h2-5,7,9-11,14H,6,8,12-13H2,1H3,(H,22,25)(H,26,27). The van der Waals surface area contributed by atoms with Crippen molar-refractivity contribution in [2.45, 2.75) is 29.9 Å². The molecule has 1 aliphatic heterocycles. The number of carboxylic acid groups (broad SMARTS) is 1. The number of aryl methyl sites for hydroxylation is 1. The van der Waals surface area contributed by atoms with E-state index in [-0.39, 0.29) is 18.4 Å². The Hall–Kier alpha value is -2.80. The van der Waals surface area contributed by atoms with Crippen LogP contribution in [0.2, 0.25) is 0 Å². The number of carbonyl (C=O) groups excluding carboxylic acids is 2. The lowest BCUT2D eigenvalue weighted by Gasteiger charge is -2.29. The molecule has 0 aromatic heterocycles. The van der Waals surface area contributed by atoms with Crippen LogP contribution >= 0.6 is 11.8 Å². The number of amides is 2. The summed E-state index contributed by atoms with van der Waals surface area (Å²) in [6.45, 7) is 2.09. The highest BCUT2D eigenvalue weighted by Gasteiger charge is 2.23. The minimum atomic E-state index is -0.945. The minimum Gasteiger partial charge on any atom is -0.480 e. The van der Waals surface area contributed by atoms with E-state index in [1.54, 1.807) is 36.1 Å². The Kier molecular flexibility index (Phi) is 6.36. The number of carbonyl (C=O) groups is 3. The van der Waals surface area contributed by atoms with Crippen molar-refractivity contribution in [3.63, 3.8) is 0 Å². The smallest absolute Gasteiger partial charge is 0.316 e. The van der Waals surface area contributed by atoms with Gasteiger partial charge in [0, 0.05) is 17.1 Å². The van der Waals surface area contributed by atoms with E-state index in [2.05, 4.69) is 5.32 Å². The van der Waals surface area contributed by atoms with Crippen molar-refractivity contribution in [3.05, 3.63) is 59.7 Å². The molecule has 0 saturated carbocycles. The molecule has 2 aromatic rings. The SMILES string of the molecule is CC(Sc1ccccc1C(=O)NCC(=O)N1CCCc2ccccc21)C(=O)O. The summed E-state index contributed by atoms with van der Waals surface area (Å²) in [7, 11) is 0. The molecule has 7 heteroatoms. The zero-order valence-corrected chi connectivity index (χ0v) is 16.4. The van der Waals surface area contributed by atoms with Crippen LogP contribution in [0.3, 0.4) is 0 Å². The monoisotopic (exact) mass is 398 g/mol. The van der Waals surface area contributed by atoms with Crippen molar-refractivity contribution >= 4 is 35.2 Å². The number of carboxylic acids is 1. The number of thioether (sulfide) groups is 1. The first-order valence-corrected chi connectivity index (χ1v) is 10.0. The number of hydrogen-bond donors (Lipinski definition) is 2. The molecule has 6 nitrogen and oxygen atoms in total. The normalized spacial score (nSPS) is 14.1. The molecule has 2 amide bonds. The van der Waals surface area contributed by atoms with Crippen molar-refractivity contribution < 1.29 is 19.5 Å². The Bertz CT molecular complexity index is 899. The molecule has 2 N–H and O–H groups in total. The van der Waals surface area contributed by atoms with Crippen molar-refractivity contribution in [2.24, 2.45) is 0 Å². The summed E-state index contributed by atoms with van der Waals surface area (Å²) >= 11 is 1.10. The van der Waals surface area contributed by atoms with Gasteiger partial charge in [-0.05, 0) is 43.5 Å². The Balaban J connectivity index is 1.67. The zero-order valence-electron chi connectivity index (χ0n) is 15.6. The second kappa shape index (κ2) is 8.93. The van der Waals surface area contributed by atoms with Gasteiger partial charge in [0.1, 0.15) is 5.25 Å². The fourth-order valence-electron chi connectivity index (χ4n) is 3.14. The second-order valence-corrected chi connectivity index (χ2v) is 7.94. The highest BCUT2D eigenvalue weighted by molar-refractivity contribution is 8.00. The summed E-state index contributed by atoms with van der Waals surface area (Å²) in [4.78, 5) is 38.7. The third-order valence-corrected chi connectivity index (χ3v) is 5.76.